The Bertz CT molecular complexity index is 1020. The molecule has 0 bridgehead atoms. The lowest BCUT2D eigenvalue weighted by atomic mass is 10.1. The molecule has 0 spiro atoms. The van der Waals surface area contributed by atoms with Gasteiger partial charge in [-0.3, -0.25) is 0 Å². The van der Waals surface area contributed by atoms with Crippen molar-refractivity contribution in [3.8, 4) is 5.75 Å². The highest BCUT2D eigenvalue weighted by molar-refractivity contribution is 7.91. The molecule has 1 saturated heterocycles. The van der Waals surface area contributed by atoms with Crippen molar-refractivity contribution in [2.75, 3.05) is 18.6 Å². The lowest BCUT2D eigenvalue weighted by Crippen LogP contribution is -2.13. The number of aryl methyl sites for hydroxylation is 1. The molecule has 0 N–H and O–H groups in total. The summed E-state index contributed by atoms with van der Waals surface area (Å²) in [6.45, 7) is 1.90. The number of benzene rings is 1. The van der Waals surface area contributed by atoms with Gasteiger partial charge in [0.15, 0.2) is 15.5 Å². The number of nitrogens with zero attached hydrogens (tertiary/aromatic N) is 3. The molecule has 3 heterocycles. The summed E-state index contributed by atoms with van der Waals surface area (Å²) in [5, 5.41) is 6.37. The summed E-state index contributed by atoms with van der Waals surface area (Å²) < 4.78 is 31.0. The van der Waals surface area contributed by atoms with Crippen molar-refractivity contribution in [2.24, 2.45) is 0 Å². The Hall–Kier alpha value is -2.15. The predicted molar refractivity (Wildman–Crippen MR) is 88.6 cm³/mol. The van der Waals surface area contributed by atoms with Crippen molar-refractivity contribution in [3.63, 3.8) is 0 Å². The van der Waals surface area contributed by atoms with Gasteiger partial charge in [-0.05, 0) is 25.5 Å². The largest absolute Gasteiger partial charge is 0.495 e. The minimum atomic E-state index is -2.98. The number of pyridine rings is 1. The number of ether oxygens (including phenoxy) is 1. The first-order valence-corrected chi connectivity index (χ1v) is 9.34. The molecule has 0 amide bonds. The highest BCUT2D eigenvalue weighted by Crippen LogP contribution is 2.36. The molecule has 120 valence electrons. The maximum absolute atomic E-state index is 11.8. The van der Waals surface area contributed by atoms with E-state index in [0.29, 0.717) is 12.1 Å². The normalized spacial score (nSPS) is 20.3. The lowest BCUT2D eigenvalue weighted by Gasteiger charge is -2.11. The minimum absolute atomic E-state index is 0.125. The smallest absolute Gasteiger partial charge is 0.162 e. The molecule has 7 heteroatoms. The fourth-order valence-corrected chi connectivity index (χ4v) is 5.05. The number of aromatic nitrogens is 3. The van der Waals surface area contributed by atoms with Crippen LogP contribution >= 0.6 is 0 Å². The van der Waals surface area contributed by atoms with Crippen molar-refractivity contribution in [3.05, 3.63) is 30.0 Å². The maximum Gasteiger partial charge on any atom is 0.162 e. The van der Waals surface area contributed by atoms with Crippen molar-refractivity contribution < 1.29 is 13.2 Å². The van der Waals surface area contributed by atoms with E-state index in [9.17, 15) is 8.42 Å². The summed E-state index contributed by atoms with van der Waals surface area (Å²) >= 11 is 0. The van der Waals surface area contributed by atoms with Crippen molar-refractivity contribution in [1.82, 2.24) is 14.8 Å². The van der Waals surface area contributed by atoms with Crippen LogP contribution in [0.25, 0.3) is 21.9 Å². The van der Waals surface area contributed by atoms with E-state index < -0.39 is 9.84 Å². The maximum atomic E-state index is 11.8. The monoisotopic (exact) mass is 331 g/mol. The topological polar surface area (TPSA) is 74.1 Å². The molecular formula is C16H17N3O3S. The molecule has 1 aromatic carbocycles. The molecule has 3 aromatic rings. The van der Waals surface area contributed by atoms with Gasteiger partial charge in [-0.2, -0.15) is 5.10 Å². The first-order valence-electron chi connectivity index (χ1n) is 7.52. The summed E-state index contributed by atoms with van der Waals surface area (Å²) in [4.78, 5) is 4.73. The second-order valence-corrected chi connectivity index (χ2v) is 8.18. The van der Waals surface area contributed by atoms with Crippen molar-refractivity contribution >= 4 is 31.8 Å². The average Bonchev–Trinajstić information content (AvgIpc) is 3.05. The Morgan fingerprint density at radius 2 is 2.09 bits per heavy atom. The van der Waals surface area contributed by atoms with E-state index in [1.807, 2.05) is 31.2 Å². The van der Waals surface area contributed by atoms with Crippen LogP contribution in [-0.2, 0) is 9.84 Å². The molecule has 1 atom stereocenters. The van der Waals surface area contributed by atoms with Crippen LogP contribution in [0.15, 0.2) is 24.3 Å². The Balaban J connectivity index is 2.03. The van der Waals surface area contributed by atoms with E-state index in [1.54, 1.807) is 11.8 Å². The molecule has 1 fully saturated rings. The number of hydrogen-bond acceptors (Lipinski definition) is 5. The fourth-order valence-electron chi connectivity index (χ4n) is 3.36. The molecule has 6 nitrogen and oxygen atoms in total. The molecule has 0 radical (unpaired) electrons. The number of hydrogen-bond donors (Lipinski definition) is 0. The third-order valence-electron chi connectivity index (χ3n) is 4.42. The van der Waals surface area contributed by atoms with Crippen molar-refractivity contribution in [2.45, 2.75) is 19.4 Å². The Kier molecular flexibility index (Phi) is 3.09. The standard InChI is InChI=1S/C16H17N3O3S/c1-10-14-15(22-2)12-5-3-4-6-13(12)17-16(14)19(18-10)11-7-8-23(20,21)9-11/h3-6,11H,7-9H2,1-2H3. The second-order valence-electron chi connectivity index (χ2n) is 5.95. The van der Waals surface area contributed by atoms with Crippen LogP contribution in [0, 0.1) is 6.92 Å². The van der Waals surface area contributed by atoms with Gasteiger partial charge in [-0.15, -0.1) is 0 Å². The summed E-state index contributed by atoms with van der Waals surface area (Å²) in [6, 6.07) is 7.61. The van der Waals surface area contributed by atoms with Gasteiger partial charge in [0.25, 0.3) is 0 Å². The molecule has 1 aliphatic rings. The number of fused-ring (bicyclic) bond motifs is 2. The third-order valence-corrected chi connectivity index (χ3v) is 6.17. The molecule has 4 rings (SSSR count). The highest BCUT2D eigenvalue weighted by atomic mass is 32.2. The van der Waals surface area contributed by atoms with Gasteiger partial charge in [0, 0.05) is 5.39 Å². The SMILES string of the molecule is COc1c2ccccc2nc2c1c(C)nn2C1CCS(=O)(=O)C1. The summed E-state index contributed by atoms with van der Waals surface area (Å²) in [5.74, 6) is 1.08. The Morgan fingerprint density at radius 3 is 2.78 bits per heavy atom. The van der Waals surface area contributed by atoms with Gasteiger partial charge < -0.3 is 4.74 Å². The first kappa shape index (κ1) is 14.4. The molecule has 23 heavy (non-hydrogen) atoms. The predicted octanol–water partition coefficient (Wildman–Crippen LogP) is 2.26. The second kappa shape index (κ2) is 4.92. The molecule has 1 unspecified atom stereocenters. The number of sulfone groups is 1. The zero-order valence-corrected chi connectivity index (χ0v) is 13.8. The number of para-hydroxylation sites is 1. The van der Waals surface area contributed by atoms with Gasteiger partial charge in [0.2, 0.25) is 0 Å². The van der Waals surface area contributed by atoms with E-state index >= 15 is 0 Å². The van der Waals surface area contributed by atoms with Gasteiger partial charge in [-0.25, -0.2) is 18.1 Å². The quantitative estimate of drug-likeness (QED) is 0.720. The highest BCUT2D eigenvalue weighted by Gasteiger charge is 2.32. The van der Waals surface area contributed by atoms with Gasteiger partial charge in [0.1, 0.15) is 5.75 Å². The van der Waals surface area contributed by atoms with Crippen LogP contribution in [-0.4, -0.2) is 41.8 Å². The first-order chi connectivity index (χ1) is 11.0. The summed E-state index contributed by atoms with van der Waals surface area (Å²) in [6.07, 6.45) is 0.579. The minimum Gasteiger partial charge on any atom is -0.495 e. The zero-order valence-electron chi connectivity index (χ0n) is 13.0. The van der Waals surface area contributed by atoms with E-state index in [-0.39, 0.29) is 17.5 Å². The number of rotatable bonds is 2. The summed E-state index contributed by atoms with van der Waals surface area (Å²) in [5.41, 5.74) is 2.32. The Morgan fingerprint density at radius 1 is 1.30 bits per heavy atom. The van der Waals surface area contributed by atoms with Crippen LogP contribution < -0.4 is 4.74 Å². The lowest BCUT2D eigenvalue weighted by molar-refractivity contribution is 0.424. The Labute approximate surface area is 134 Å². The van der Waals surface area contributed by atoms with Crippen LogP contribution in [0.2, 0.25) is 0 Å². The van der Waals surface area contributed by atoms with Gasteiger partial charge in [-0.1, -0.05) is 12.1 Å². The van der Waals surface area contributed by atoms with Crippen LogP contribution in [0.1, 0.15) is 18.2 Å². The molecule has 0 saturated carbocycles. The molecular weight excluding hydrogens is 314 g/mol. The van der Waals surface area contributed by atoms with Crippen LogP contribution in [0.4, 0.5) is 0 Å². The van der Waals surface area contributed by atoms with Gasteiger partial charge in [0.05, 0.1) is 41.3 Å². The molecule has 2 aromatic heterocycles. The number of methoxy groups -OCH3 is 1. The molecule has 0 aliphatic carbocycles. The van der Waals surface area contributed by atoms with E-state index in [2.05, 4.69) is 5.10 Å². The zero-order chi connectivity index (χ0) is 16.2. The van der Waals surface area contributed by atoms with Gasteiger partial charge >= 0.3 is 0 Å². The average molecular weight is 331 g/mol. The van der Waals surface area contributed by atoms with E-state index in [0.717, 1.165) is 27.7 Å². The van der Waals surface area contributed by atoms with E-state index in [1.165, 1.54) is 0 Å². The van der Waals surface area contributed by atoms with Crippen molar-refractivity contribution in [1.29, 1.82) is 0 Å². The fraction of sp³-hybridized carbons (Fsp3) is 0.375. The van der Waals surface area contributed by atoms with Crippen LogP contribution in [0.3, 0.4) is 0 Å². The summed E-state index contributed by atoms with van der Waals surface area (Å²) in [7, 11) is -1.34. The third kappa shape index (κ3) is 2.18. The molecule has 1 aliphatic heterocycles. The van der Waals surface area contributed by atoms with E-state index in [4.69, 9.17) is 9.72 Å². The van der Waals surface area contributed by atoms with Crippen LogP contribution in [0.5, 0.6) is 5.75 Å².